The van der Waals surface area contributed by atoms with Gasteiger partial charge in [-0.15, -0.1) is 5.10 Å². The Labute approximate surface area is 113 Å². The van der Waals surface area contributed by atoms with Gasteiger partial charge >= 0.3 is 0 Å². The van der Waals surface area contributed by atoms with Crippen LogP contribution in [0.1, 0.15) is 5.56 Å². The zero-order chi connectivity index (χ0) is 13.1. The van der Waals surface area contributed by atoms with E-state index in [1.807, 2.05) is 0 Å². The van der Waals surface area contributed by atoms with Crippen molar-refractivity contribution in [2.75, 3.05) is 7.11 Å². The lowest BCUT2D eigenvalue weighted by molar-refractivity contribution is 0.379. The predicted octanol–water partition coefficient (Wildman–Crippen LogP) is 2.00. The highest BCUT2D eigenvalue weighted by atomic mass is 35.5. The van der Waals surface area contributed by atoms with Crippen LogP contribution >= 0.6 is 23.2 Å². The smallest absolute Gasteiger partial charge is 0.267 e. The Morgan fingerprint density at radius 3 is 2.83 bits per heavy atom. The molecule has 18 heavy (non-hydrogen) atoms. The van der Waals surface area contributed by atoms with Crippen molar-refractivity contribution in [1.29, 1.82) is 0 Å². The fraction of sp³-hybridized carbons (Fsp3) is 0.182. The molecule has 0 aliphatic heterocycles. The van der Waals surface area contributed by atoms with Gasteiger partial charge in [0.1, 0.15) is 5.15 Å². The van der Waals surface area contributed by atoms with Gasteiger partial charge in [0, 0.05) is 23.9 Å². The van der Waals surface area contributed by atoms with Crippen molar-refractivity contribution < 1.29 is 4.74 Å². The highest BCUT2D eigenvalue weighted by molar-refractivity contribution is 6.34. The minimum atomic E-state index is -0.248. The minimum absolute atomic E-state index is 0.207. The molecule has 2 rings (SSSR count). The number of hydrogen-bond donors (Lipinski definition) is 0. The summed E-state index contributed by atoms with van der Waals surface area (Å²) in [6.45, 7) is 0.207. The van der Waals surface area contributed by atoms with Crippen LogP contribution in [0.15, 0.2) is 29.2 Å². The first-order chi connectivity index (χ1) is 8.60. The van der Waals surface area contributed by atoms with Crippen molar-refractivity contribution in [1.82, 2.24) is 14.8 Å². The zero-order valence-corrected chi connectivity index (χ0v) is 10.9. The van der Waals surface area contributed by atoms with Crippen LogP contribution in [0.4, 0.5) is 0 Å². The first kappa shape index (κ1) is 12.9. The van der Waals surface area contributed by atoms with Crippen LogP contribution < -0.4 is 10.3 Å². The average molecular weight is 286 g/mol. The molecule has 0 unspecified atom stereocenters. The molecule has 0 spiro atoms. The quantitative estimate of drug-likeness (QED) is 0.810. The number of pyridine rings is 1. The fourth-order valence-corrected chi connectivity index (χ4v) is 1.79. The maximum Gasteiger partial charge on any atom is 0.267 e. The van der Waals surface area contributed by atoms with Crippen molar-refractivity contribution in [3.8, 4) is 5.88 Å². The number of hydrogen-bond acceptors (Lipinski definition) is 4. The van der Waals surface area contributed by atoms with E-state index in [2.05, 4.69) is 10.1 Å². The highest BCUT2D eigenvalue weighted by Crippen LogP contribution is 2.19. The van der Waals surface area contributed by atoms with Crippen molar-refractivity contribution in [2.45, 2.75) is 6.54 Å². The van der Waals surface area contributed by atoms with Gasteiger partial charge in [0.15, 0.2) is 0 Å². The van der Waals surface area contributed by atoms with E-state index in [0.717, 1.165) is 0 Å². The van der Waals surface area contributed by atoms with Gasteiger partial charge in [0.2, 0.25) is 5.88 Å². The molecular formula is C11H9Cl2N3O2. The molecule has 0 saturated heterocycles. The lowest BCUT2D eigenvalue weighted by Gasteiger charge is -2.07. The molecule has 0 aromatic carbocycles. The molecule has 94 valence electrons. The fourth-order valence-electron chi connectivity index (χ4n) is 1.37. The Kier molecular flexibility index (Phi) is 3.84. The van der Waals surface area contributed by atoms with Crippen molar-refractivity contribution >= 4 is 23.2 Å². The molecular weight excluding hydrogens is 277 g/mol. The Morgan fingerprint density at radius 2 is 2.17 bits per heavy atom. The number of rotatable bonds is 3. The maximum absolute atomic E-state index is 11.6. The summed E-state index contributed by atoms with van der Waals surface area (Å²) in [5.41, 5.74) is 0.408. The lowest BCUT2D eigenvalue weighted by Crippen LogP contribution is -2.22. The summed E-state index contributed by atoms with van der Waals surface area (Å²) < 4.78 is 6.20. The van der Waals surface area contributed by atoms with Gasteiger partial charge in [-0.2, -0.15) is 0 Å². The van der Waals surface area contributed by atoms with E-state index in [0.29, 0.717) is 21.6 Å². The molecule has 0 bridgehead atoms. The standard InChI is InChI=1S/C11H9Cl2N3O2/c1-18-10-2-3-11(17)16(15-10)6-7-5-14-9(13)4-8(7)12/h2-5H,6H2,1H3. The van der Waals surface area contributed by atoms with Gasteiger partial charge in [-0.3, -0.25) is 4.79 Å². The number of halogens is 2. The van der Waals surface area contributed by atoms with Crippen molar-refractivity contribution in [3.63, 3.8) is 0 Å². The number of nitrogens with zero attached hydrogens (tertiary/aromatic N) is 3. The van der Waals surface area contributed by atoms with E-state index < -0.39 is 0 Å². The molecule has 2 heterocycles. The Morgan fingerprint density at radius 1 is 1.39 bits per heavy atom. The molecule has 0 fully saturated rings. The summed E-state index contributed by atoms with van der Waals surface area (Å²) in [4.78, 5) is 15.5. The molecule has 2 aromatic heterocycles. The summed E-state index contributed by atoms with van der Waals surface area (Å²) in [5.74, 6) is 0.354. The molecule has 0 atom stereocenters. The van der Waals surface area contributed by atoms with Crippen LogP contribution in [0.25, 0.3) is 0 Å². The molecule has 7 heteroatoms. The van der Waals surface area contributed by atoms with Gasteiger partial charge in [-0.25, -0.2) is 9.67 Å². The summed E-state index contributed by atoms with van der Waals surface area (Å²) in [6.07, 6.45) is 1.51. The van der Waals surface area contributed by atoms with Crippen LogP contribution in [-0.4, -0.2) is 21.9 Å². The van der Waals surface area contributed by atoms with E-state index >= 15 is 0 Å². The van der Waals surface area contributed by atoms with E-state index in [-0.39, 0.29) is 12.1 Å². The summed E-state index contributed by atoms with van der Waals surface area (Å²) in [6, 6.07) is 4.40. The molecule has 0 aliphatic rings. The van der Waals surface area contributed by atoms with E-state index in [4.69, 9.17) is 27.9 Å². The zero-order valence-electron chi connectivity index (χ0n) is 9.43. The SMILES string of the molecule is COc1ccc(=O)n(Cc2cnc(Cl)cc2Cl)n1. The molecule has 0 amide bonds. The Bertz CT molecular complexity index is 628. The largest absolute Gasteiger partial charge is 0.480 e. The molecule has 2 aromatic rings. The van der Waals surface area contributed by atoms with Gasteiger partial charge in [0.25, 0.3) is 5.56 Å². The van der Waals surface area contributed by atoms with Gasteiger partial charge in [-0.05, 0) is 6.07 Å². The van der Waals surface area contributed by atoms with Crippen LogP contribution in [0.3, 0.4) is 0 Å². The van der Waals surface area contributed by atoms with E-state index in [1.165, 1.54) is 36.2 Å². The average Bonchev–Trinajstić information content (AvgIpc) is 2.35. The highest BCUT2D eigenvalue weighted by Gasteiger charge is 2.06. The first-order valence-corrected chi connectivity index (χ1v) is 5.78. The van der Waals surface area contributed by atoms with Crippen LogP contribution in [0.5, 0.6) is 5.88 Å². The normalized spacial score (nSPS) is 10.4. The minimum Gasteiger partial charge on any atom is -0.480 e. The van der Waals surface area contributed by atoms with Crippen molar-refractivity contribution in [3.05, 3.63) is 50.5 Å². The number of aromatic nitrogens is 3. The third kappa shape index (κ3) is 2.80. The summed E-state index contributed by atoms with van der Waals surface area (Å²) in [5, 5.41) is 4.75. The van der Waals surface area contributed by atoms with Gasteiger partial charge < -0.3 is 4.74 Å². The third-order valence-corrected chi connectivity index (χ3v) is 2.83. The number of ether oxygens (including phenoxy) is 1. The monoisotopic (exact) mass is 285 g/mol. The van der Waals surface area contributed by atoms with Gasteiger partial charge in [0.05, 0.1) is 18.7 Å². The Balaban J connectivity index is 2.36. The topological polar surface area (TPSA) is 57.0 Å². The van der Waals surface area contributed by atoms with Crippen LogP contribution in [0, 0.1) is 0 Å². The molecule has 0 N–H and O–H groups in total. The molecule has 5 nitrogen and oxygen atoms in total. The second-order valence-corrected chi connectivity index (χ2v) is 4.26. The van der Waals surface area contributed by atoms with Crippen molar-refractivity contribution in [2.24, 2.45) is 0 Å². The maximum atomic E-state index is 11.6. The van der Waals surface area contributed by atoms with E-state index in [1.54, 1.807) is 0 Å². The second kappa shape index (κ2) is 5.37. The third-order valence-electron chi connectivity index (χ3n) is 2.27. The Hall–Kier alpha value is -1.59. The molecule has 0 aliphatic carbocycles. The lowest BCUT2D eigenvalue weighted by atomic mass is 10.3. The summed E-state index contributed by atoms with van der Waals surface area (Å²) >= 11 is 11.7. The van der Waals surface area contributed by atoms with Crippen LogP contribution in [0.2, 0.25) is 10.2 Å². The number of methoxy groups -OCH3 is 1. The molecule has 0 radical (unpaired) electrons. The summed E-state index contributed by atoms with van der Waals surface area (Å²) in [7, 11) is 1.48. The van der Waals surface area contributed by atoms with E-state index in [9.17, 15) is 4.79 Å². The van der Waals surface area contributed by atoms with Crippen LogP contribution in [-0.2, 0) is 6.54 Å². The molecule has 0 saturated carbocycles. The second-order valence-electron chi connectivity index (χ2n) is 3.47. The predicted molar refractivity (Wildman–Crippen MR) is 68.4 cm³/mol. The first-order valence-electron chi connectivity index (χ1n) is 5.02. The van der Waals surface area contributed by atoms with Gasteiger partial charge in [-0.1, -0.05) is 23.2 Å².